The van der Waals surface area contributed by atoms with Gasteiger partial charge in [0.15, 0.2) is 21.3 Å². The molecule has 1 atom stereocenters. The summed E-state index contributed by atoms with van der Waals surface area (Å²) in [6, 6.07) is 5.98. The fraction of sp³-hybridized carbons (Fsp3) is 0.625. The van der Waals surface area contributed by atoms with E-state index >= 15 is 0 Å². The average molecular weight is 325 g/mol. The number of sulfone groups is 1. The number of rotatable bonds is 5. The highest BCUT2D eigenvalue weighted by Gasteiger charge is 2.35. The number of nitrogens with one attached hydrogen (secondary N) is 1. The first-order valence-corrected chi connectivity index (χ1v) is 9.62. The van der Waals surface area contributed by atoms with E-state index in [2.05, 4.69) is 11.4 Å². The van der Waals surface area contributed by atoms with Crippen LogP contribution < -0.4 is 14.8 Å². The van der Waals surface area contributed by atoms with Gasteiger partial charge in [-0.25, -0.2) is 8.42 Å². The van der Waals surface area contributed by atoms with Gasteiger partial charge in [0.2, 0.25) is 0 Å². The van der Waals surface area contributed by atoms with E-state index in [9.17, 15) is 8.42 Å². The highest BCUT2D eigenvalue weighted by molar-refractivity contribution is 7.92. The molecular weight excluding hydrogens is 302 g/mol. The maximum Gasteiger partial charge on any atom is 0.161 e. The SMILES string of the molecule is COc1ccc(CC2CCCNC2)cc1OC1CS(=O)(=O)C1. The van der Waals surface area contributed by atoms with Crippen molar-refractivity contribution >= 4 is 9.84 Å². The monoisotopic (exact) mass is 325 g/mol. The van der Waals surface area contributed by atoms with Crippen LogP contribution in [-0.2, 0) is 16.3 Å². The Kier molecular flexibility index (Phi) is 4.59. The van der Waals surface area contributed by atoms with Gasteiger partial charge in [-0.05, 0) is 56.0 Å². The molecule has 0 aromatic heterocycles. The number of benzene rings is 1. The lowest BCUT2D eigenvalue weighted by Crippen LogP contribution is -2.45. The predicted molar refractivity (Wildman–Crippen MR) is 85.4 cm³/mol. The molecule has 2 aliphatic heterocycles. The summed E-state index contributed by atoms with van der Waals surface area (Å²) >= 11 is 0. The first kappa shape index (κ1) is 15.6. The van der Waals surface area contributed by atoms with Gasteiger partial charge in [0.1, 0.15) is 6.10 Å². The minimum atomic E-state index is -2.88. The number of methoxy groups -OCH3 is 1. The third-order valence-electron chi connectivity index (χ3n) is 4.32. The standard InChI is InChI=1S/C16H23NO4S/c1-20-15-5-4-12(7-13-3-2-6-17-9-13)8-16(15)21-14-10-22(18,19)11-14/h4-5,8,13-14,17H,2-3,6-7,9-11H2,1H3. The van der Waals surface area contributed by atoms with E-state index in [0.717, 1.165) is 19.5 Å². The molecule has 0 bridgehead atoms. The van der Waals surface area contributed by atoms with Crippen LogP contribution in [0, 0.1) is 5.92 Å². The van der Waals surface area contributed by atoms with Crippen molar-refractivity contribution in [1.82, 2.24) is 5.32 Å². The van der Waals surface area contributed by atoms with E-state index in [-0.39, 0.29) is 17.6 Å². The summed E-state index contributed by atoms with van der Waals surface area (Å²) < 4.78 is 33.6. The molecule has 5 nitrogen and oxygen atoms in total. The molecular formula is C16H23NO4S. The lowest BCUT2D eigenvalue weighted by atomic mass is 9.92. The van der Waals surface area contributed by atoms with Crippen LogP contribution >= 0.6 is 0 Å². The Balaban J connectivity index is 1.68. The number of hydrogen-bond acceptors (Lipinski definition) is 5. The molecule has 1 aromatic rings. The molecule has 6 heteroatoms. The third-order valence-corrected chi connectivity index (χ3v) is 6.08. The Morgan fingerprint density at radius 1 is 1.27 bits per heavy atom. The molecule has 0 aliphatic carbocycles. The fourth-order valence-electron chi connectivity index (χ4n) is 3.14. The smallest absolute Gasteiger partial charge is 0.161 e. The Hall–Kier alpha value is -1.27. The van der Waals surface area contributed by atoms with E-state index in [1.165, 1.54) is 18.4 Å². The summed E-state index contributed by atoms with van der Waals surface area (Å²) in [5.74, 6) is 2.18. The van der Waals surface area contributed by atoms with Crippen molar-refractivity contribution in [3.05, 3.63) is 23.8 Å². The summed E-state index contributed by atoms with van der Waals surface area (Å²) in [5, 5.41) is 3.43. The molecule has 3 rings (SSSR count). The van der Waals surface area contributed by atoms with E-state index < -0.39 is 9.84 Å². The van der Waals surface area contributed by atoms with Gasteiger partial charge >= 0.3 is 0 Å². The van der Waals surface area contributed by atoms with Gasteiger partial charge in [-0.1, -0.05) is 6.07 Å². The molecule has 0 amide bonds. The molecule has 0 radical (unpaired) electrons. The van der Waals surface area contributed by atoms with E-state index in [4.69, 9.17) is 9.47 Å². The molecule has 2 aliphatic rings. The summed E-state index contributed by atoms with van der Waals surface area (Å²) in [6.45, 7) is 2.17. The van der Waals surface area contributed by atoms with Gasteiger partial charge in [-0.15, -0.1) is 0 Å². The Morgan fingerprint density at radius 2 is 2.09 bits per heavy atom. The normalized spacial score (nSPS) is 24.5. The molecule has 22 heavy (non-hydrogen) atoms. The zero-order valence-electron chi connectivity index (χ0n) is 12.9. The van der Waals surface area contributed by atoms with Gasteiger partial charge in [0, 0.05) is 0 Å². The molecule has 2 heterocycles. The summed E-state index contributed by atoms with van der Waals surface area (Å²) in [7, 11) is -1.28. The molecule has 0 spiro atoms. The van der Waals surface area contributed by atoms with Crippen LogP contribution in [0.2, 0.25) is 0 Å². The van der Waals surface area contributed by atoms with Gasteiger partial charge in [-0.2, -0.15) is 0 Å². The van der Waals surface area contributed by atoms with Gasteiger partial charge in [0.05, 0.1) is 18.6 Å². The van der Waals surface area contributed by atoms with Crippen molar-refractivity contribution in [3.63, 3.8) is 0 Å². The van der Waals surface area contributed by atoms with Crippen molar-refractivity contribution in [3.8, 4) is 11.5 Å². The lowest BCUT2D eigenvalue weighted by Gasteiger charge is -2.28. The van der Waals surface area contributed by atoms with Crippen LogP contribution in [0.1, 0.15) is 18.4 Å². The highest BCUT2D eigenvalue weighted by Crippen LogP contribution is 2.32. The molecule has 122 valence electrons. The molecule has 2 saturated heterocycles. The minimum Gasteiger partial charge on any atom is -0.493 e. The maximum absolute atomic E-state index is 11.3. The molecule has 2 fully saturated rings. The van der Waals surface area contributed by atoms with Crippen LogP contribution in [0.25, 0.3) is 0 Å². The summed E-state index contributed by atoms with van der Waals surface area (Å²) in [6.07, 6.45) is 3.24. The van der Waals surface area contributed by atoms with Crippen LogP contribution in [-0.4, -0.2) is 46.2 Å². The maximum atomic E-state index is 11.3. The van der Waals surface area contributed by atoms with Gasteiger partial charge < -0.3 is 14.8 Å². The largest absolute Gasteiger partial charge is 0.493 e. The van der Waals surface area contributed by atoms with Crippen molar-refractivity contribution in [1.29, 1.82) is 0 Å². The van der Waals surface area contributed by atoms with Crippen molar-refractivity contribution in [2.45, 2.75) is 25.4 Å². The van der Waals surface area contributed by atoms with E-state index in [1.54, 1.807) is 7.11 Å². The fourth-order valence-corrected chi connectivity index (χ4v) is 4.31. The second-order valence-corrected chi connectivity index (χ2v) is 8.37. The number of piperidine rings is 1. The lowest BCUT2D eigenvalue weighted by molar-refractivity contribution is 0.219. The van der Waals surface area contributed by atoms with Gasteiger partial charge in [-0.3, -0.25) is 0 Å². The Labute approximate surface area is 131 Å². The highest BCUT2D eigenvalue weighted by atomic mass is 32.2. The van der Waals surface area contributed by atoms with E-state index in [1.807, 2.05) is 12.1 Å². The van der Waals surface area contributed by atoms with E-state index in [0.29, 0.717) is 17.4 Å². The molecule has 0 saturated carbocycles. The molecule has 1 N–H and O–H groups in total. The topological polar surface area (TPSA) is 64.6 Å². The average Bonchev–Trinajstić information content (AvgIpc) is 2.47. The van der Waals surface area contributed by atoms with Crippen molar-refractivity contribution in [2.75, 3.05) is 31.7 Å². The number of ether oxygens (including phenoxy) is 2. The second kappa shape index (κ2) is 6.46. The summed E-state index contributed by atoms with van der Waals surface area (Å²) in [4.78, 5) is 0. The first-order valence-electron chi connectivity index (χ1n) is 7.80. The van der Waals surface area contributed by atoms with Crippen LogP contribution in [0.5, 0.6) is 11.5 Å². The Bertz CT molecular complexity index is 611. The second-order valence-electron chi connectivity index (χ2n) is 6.22. The third kappa shape index (κ3) is 3.73. The van der Waals surface area contributed by atoms with Crippen molar-refractivity contribution in [2.24, 2.45) is 5.92 Å². The first-order chi connectivity index (χ1) is 10.6. The van der Waals surface area contributed by atoms with Crippen LogP contribution in [0.3, 0.4) is 0 Å². The zero-order chi connectivity index (χ0) is 15.6. The molecule has 1 unspecified atom stereocenters. The Morgan fingerprint density at radius 3 is 2.73 bits per heavy atom. The quantitative estimate of drug-likeness (QED) is 0.887. The van der Waals surface area contributed by atoms with Gasteiger partial charge in [0.25, 0.3) is 0 Å². The predicted octanol–water partition coefficient (Wildman–Crippen LogP) is 1.41. The number of hydrogen-bond donors (Lipinski definition) is 1. The summed E-state index contributed by atoms with van der Waals surface area (Å²) in [5.41, 5.74) is 1.21. The zero-order valence-corrected chi connectivity index (χ0v) is 13.7. The van der Waals surface area contributed by atoms with Crippen LogP contribution in [0.4, 0.5) is 0 Å². The molecule has 1 aromatic carbocycles. The minimum absolute atomic E-state index is 0.104. The van der Waals surface area contributed by atoms with Crippen molar-refractivity contribution < 1.29 is 17.9 Å². The van der Waals surface area contributed by atoms with Crippen LogP contribution in [0.15, 0.2) is 18.2 Å².